The van der Waals surface area contributed by atoms with Crippen molar-refractivity contribution >= 4 is 11.0 Å². The van der Waals surface area contributed by atoms with Gasteiger partial charge in [-0.05, 0) is 36.8 Å². The minimum Gasteiger partial charge on any atom is -0.508 e. The van der Waals surface area contributed by atoms with Gasteiger partial charge in [-0.3, -0.25) is 4.79 Å². The number of benzene rings is 2. The highest BCUT2D eigenvalue weighted by Gasteiger charge is 2.09. The number of hydrogen-bond acceptors (Lipinski definition) is 3. The van der Waals surface area contributed by atoms with Crippen LogP contribution >= 0.6 is 0 Å². The molecule has 1 N–H and O–H groups in total. The van der Waals surface area contributed by atoms with Crippen LogP contribution in [0.2, 0.25) is 0 Å². The summed E-state index contributed by atoms with van der Waals surface area (Å²) in [5.74, 6) is 0.171. The van der Waals surface area contributed by atoms with Gasteiger partial charge >= 0.3 is 0 Å². The summed E-state index contributed by atoms with van der Waals surface area (Å²) >= 11 is 0. The first-order chi connectivity index (χ1) is 9.15. The SMILES string of the molecule is Cc1ccc2occ(-c3ccc(O)cc3)c(=O)c2c1. The first-order valence-corrected chi connectivity index (χ1v) is 5.97. The molecule has 0 spiro atoms. The zero-order valence-electron chi connectivity index (χ0n) is 10.4. The maximum atomic E-state index is 12.4. The monoisotopic (exact) mass is 252 g/mol. The molecule has 19 heavy (non-hydrogen) atoms. The summed E-state index contributed by atoms with van der Waals surface area (Å²) < 4.78 is 5.50. The third kappa shape index (κ3) is 1.99. The minimum absolute atomic E-state index is 0.0596. The lowest BCUT2D eigenvalue weighted by atomic mass is 10.0. The quantitative estimate of drug-likeness (QED) is 0.721. The summed E-state index contributed by atoms with van der Waals surface area (Å²) in [6.45, 7) is 1.94. The van der Waals surface area contributed by atoms with Crippen molar-refractivity contribution < 1.29 is 9.52 Å². The van der Waals surface area contributed by atoms with E-state index in [-0.39, 0.29) is 11.2 Å². The molecule has 0 aliphatic carbocycles. The number of fused-ring (bicyclic) bond motifs is 1. The van der Waals surface area contributed by atoms with E-state index in [9.17, 15) is 9.90 Å². The van der Waals surface area contributed by atoms with Crippen LogP contribution in [0.3, 0.4) is 0 Å². The van der Waals surface area contributed by atoms with E-state index >= 15 is 0 Å². The van der Waals surface area contributed by atoms with E-state index in [1.165, 1.54) is 6.26 Å². The topological polar surface area (TPSA) is 50.4 Å². The standard InChI is InChI=1S/C16H12O3/c1-10-2-7-15-13(8-10)16(18)14(9-19-15)11-3-5-12(17)6-4-11/h2-9,17H,1H3. The molecule has 0 saturated carbocycles. The van der Waals surface area contributed by atoms with Gasteiger partial charge in [-0.15, -0.1) is 0 Å². The van der Waals surface area contributed by atoms with E-state index in [1.807, 2.05) is 19.1 Å². The van der Waals surface area contributed by atoms with Crippen LogP contribution in [-0.4, -0.2) is 5.11 Å². The van der Waals surface area contributed by atoms with Gasteiger partial charge in [0.25, 0.3) is 0 Å². The predicted molar refractivity (Wildman–Crippen MR) is 74.3 cm³/mol. The van der Waals surface area contributed by atoms with Gasteiger partial charge < -0.3 is 9.52 Å². The van der Waals surface area contributed by atoms with Crippen LogP contribution in [0.15, 0.2) is 57.9 Å². The highest BCUT2D eigenvalue weighted by molar-refractivity contribution is 5.82. The summed E-state index contributed by atoms with van der Waals surface area (Å²) in [5, 5.41) is 9.85. The first-order valence-electron chi connectivity index (χ1n) is 5.97. The van der Waals surface area contributed by atoms with Gasteiger partial charge in [-0.1, -0.05) is 23.8 Å². The molecule has 3 aromatic rings. The Labute approximate surface area is 109 Å². The summed E-state index contributed by atoms with van der Waals surface area (Å²) in [7, 11) is 0. The minimum atomic E-state index is -0.0596. The largest absolute Gasteiger partial charge is 0.508 e. The smallest absolute Gasteiger partial charge is 0.200 e. The number of hydrogen-bond donors (Lipinski definition) is 1. The molecule has 0 aliphatic heterocycles. The van der Waals surface area contributed by atoms with Crippen molar-refractivity contribution in [2.45, 2.75) is 6.92 Å². The van der Waals surface area contributed by atoms with Gasteiger partial charge in [0.05, 0.1) is 10.9 Å². The number of phenolic OH excluding ortho intramolecular Hbond substituents is 1. The van der Waals surface area contributed by atoms with Crippen molar-refractivity contribution in [2.75, 3.05) is 0 Å². The van der Waals surface area contributed by atoms with Crippen molar-refractivity contribution in [3.8, 4) is 16.9 Å². The Hall–Kier alpha value is -2.55. The molecule has 3 heteroatoms. The van der Waals surface area contributed by atoms with E-state index in [1.54, 1.807) is 30.3 Å². The van der Waals surface area contributed by atoms with Crippen LogP contribution in [0, 0.1) is 6.92 Å². The van der Waals surface area contributed by atoms with Crippen LogP contribution in [0.4, 0.5) is 0 Å². The van der Waals surface area contributed by atoms with Gasteiger partial charge in [-0.2, -0.15) is 0 Å². The molecule has 2 aromatic carbocycles. The fourth-order valence-electron chi connectivity index (χ4n) is 2.09. The van der Waals surface area contributed by atoms with Crippen LogP contribution in [0.5, 0.6) is 5.75 Å². The lowest BCUT2D eigenvalue weighted by Crippen LogP contribution is -2.04. The number of aryl methyl sites for hydroxylation is 1. The van der Waals surface area contributed by atoms with Crippen LogP contribution in [0.25, 0.3) is 22.1 Å². The lowest BCUT2D eigenvalue weighted by Gasteiger charge is -2.03. The molecule has 0 amide bonds. The second-order valence-electron chi connectivity index (χ2n) is 4.52. The van der Waals surface area contributed by atoms with Gasteiger partial charge in [0.1, 0.15) is 17.6 Å². The summed E-state index contributed by atoms with van der Waals surface area (Å²) in [5.41, 5.74) is 2.77. The average Bonchev–Trinajstić information content (AvgIpc) is 2.41. The molecule has 94 valence electrons. The summed E-state index contributed by atoms with van der Waals surface area (Å²) in [6, 6.07) is 12.0. The second-order valence-corrected chi connectivity index (χ2v) is 4.52. The Kier molecular flexibility index (Phi) is 2.60. The molecular formula is C16H12O3. The molecule has 1 aromatic heterocycles. The average molecular weight is 252 g/mol. The molecule has 0 bridgehead atoms. The highest BCUT2D eigenvalue weighted by atomic mass is 16.3. The zero-order chi connectivity index (χ0) is 13.4. The fraction of sp³-hybridized carbons (Fsp3) is 0.0625. The summed E-state index contributed by atoms with van der Waals surface area (Å²) in [4.78, 5) is 12.4. The third-order valence-corrected chi connectivity index (χ3v) is 3.11. The van der Waals surface area contributed by atoms with Crippen molar-refractivity contribution in [3.63, 3.8) is 0 Å². The van der Waals surface area contributed by atoms with Crippen LogP contribution in [0.1, 0.15) is 5.56 Å². The zero-order valence-corrected chi connectivity index (χ0v) is 10.4. The number of phenols is 1. The molecule has 0 atom stereocenters. The van der Waals surface area contributed by atoms with Crippen LogP contribution in [-0.2, 0) is 0 Å². The molecule has 0 radical (unpaired) electrons. The Bertz CT molecular complexity index is 798. The Balaban J connectivity index is 2.28. The molecule has 0 fully saturated rings. The van der Waals surface area contributed by atoms with Gasteiger partial charge in [0, 0.05) is 0 Å². The molecular weight excluding hydrogens is 240 g/mol. The maximum Gasteiger partial charge on any atom is 0.200 e. The molecule has 1 heterocycles. The Morgan fingerprint density at radius 1 is 1.05 bits per heavy atom. The Morgan fingerprint density at radius 3 is 2.53 bits per heavy atom. The number of aromatic hydroxyl groups is 1. The van der Waals surface area contributed by atoms with E-state index in [2.05, 4.69) is 0 Å². The van der Waals surface area contributed by atoms with Crippen molar-refractivity contribution in [2.24, 2.45) is 0 Å². The van der Waals surface area contributed by atoms with Gasteiger partial charge in [0.15, 0.2) is 5.43 Å². The Morgan fingerprint density at radius 2 is 1.79 bits per heavy atom. The van der Waals surface area contributed by atoms with Crippen molar-refractivity contribution in [1.29, 1.82) is 0 Å². The number of rotatable bonds is 1. The normalized spacial score (nSPS) is 10.8. The third-order valence-electron chi connectivity index (χ3n) is 3.11. The van der Waals surface area contributed by atoms with E-state index < -0.39 is 0 Å². The molecule has 0 unspecified atom stereocenters. The van der Waals surface area contributed by atoms with E-state index in [4.69, 9.17) is 4.42 Å². The van der Waals surface area contributed by atoms with Crippen molar-refractivity contribution in [3.05, 3.63) is 64.5 Å². The lowest BCUT2D eigenvalue weighted by molar-refractivity contribution is 0.475. The fourth-order valence-corrected chi connectivity index (χ4v) is 2.09. The maximum absolute atomic E-state index is 12.4. The van der Waals surface area contributed by atoms with Gasteiger partial charge in [0.2, 0.25) is 0 Å². The van der Waals surface area contributed by atoms with Crippen molar-refractivity contribution in [1.82, 2.24) is 0 Å². The molecule has 3 nitrogen and oxygen atoms in total. The molecule has 3 rings (SSSR count). The first kappa shape index (κ1) is 11.5. The highest BCUT2D eigenvalue weighted by Crippen LogP contribution is 2.22. The predicted octanol–water partition coefficient (Wildman–Crippen LogP) is 3.47. The van der Waals surface area contributed by atoms with E-state index in [0.717, 1.165) is 11.1 Å². The van der Waals surface area contributed by atoms with Crippen LogP contribution < -0.4 is 5.43 Å². The second kappa shape index (κ2) is 4.28. The van der Waals surface area contributed by atoms with E-state index in [0.29, 0.717) is 16.5 Å². The molecule has 0 saturated heterocycles. The molecule has 0 aliphatic rings. The summed E-state index contributed by atoms with van der Waals surface area (Å²) in [6.07, 6.45) is 1.46. The van der Waals surface area contributed by atoms with Gasteiger partial charge in [-0.25, -0.2) is 0 Å².